The third-order valence-corrected chi connectivity index (χ3v) is 17.0. The van der Waals surface area contributed by atoms with Gasteiger partial charge in [0.1, 0.15) is 11.5 Å². The van der Waals surface area contributed by atoms with Gasteiger partial charge in [-0.1, -0.05) is 67.5 Å². The van der Waals surface area contributed by atoms with Gasteiger partial charge in [0.2, 0.25) is 16.6 Å². The second kappa shape index (κ2) is 7.77. The third kappa shape index (κ3) is 4.58. The van der Waals surface area contributed by atoms with E-state index in [9.17, 15) is 0 Å². The maximum Gasteiger partial charge on any atom is 0.250 e. The first-order valence-electron chi connectivity index (χ1n) is 12.0. The minimum absolute atomic E-state index is 0.0947. The number of fused-ring (bicyclic) bond motifs is 2. The van der Waals surface area contributed by atoms with E-state index in [-0.39, 0.29) is 15.5 Å². The summed E-state index contributed by atoms with van der Waals surface area (Å²) in [5, 5.41) is 0.363. The molecule has 0 heterocycles. The lowest BCUT2D eigenvalue weighted by Crippen LogP contribution is -2.44. The Balaban J connectivity index is 1.98. The quantitative estimate of drug-likeness (QED) is 0.418. The van der Waals surface area contributed by atoms with Crippen LogP contribution in [0.4, 0.5) is 0 Å². The van der Waals surface area contributed by atoms with Gasteiger partial charge < -0.3 is 8.85 Å². The maximum absolute atomic E-state index is 6.66. The third-order valence-electron chi connectivity index (χ3n) is 8.25. The second-order valence-corrected chi connectivity index (χ2v) is 22.6. The number of benzene rings is 2. The zero-order valence-electron chi connectivity index (χ0n) is 22.5. The summed E-state index contributed by atoms with van der Waals surface area (Å²) in [6.07, 6.45) is 0.967. The molecule has 0 fully saturated rings. The van der Waals surface area contributed by atoms with Gasteiger partial charge in [0, 0.05) is 5.41 Å². The summed E-state index contributed by atoms with van der Waals surface area (Å²) in [7, 11) is -3.76. The highest BCUT2D eigenvalue weighted by atomic mass is 28.4. The van der Waals surface area contributed by atoms with Gasteiger partial charge in [0.25, 0.3) is 0 Å². The molecule has 0 spiro atoms. The van der Waals surface area contributed by atoms with E-state index in [4.69, 9.17) is 8.85 Å². The van der Waals surface area contributed by atoms with Crippen molar-refractivity contribution in [2.24, 2.45) is 0 Å². The first-order chi connectivity index (χ1) is 14.4. The number of rotatable bonds is 4. The maximum atomic E-state index is 6.66. The molecule has 0 unspecified atom stereocenters. The smallest absolute Gasteiger partial charge is 0.250 e. The molecule has 0 N–H and O–H groups in total. The zero-order valence-corrected chi connectivity index (χ0v) is 24.5. The van der Waals surface area contributed by atoms with Crippen molar-refractivity contribution in [2.45, 2.75) is 103 Å². The number of hydrogen-bond acceptors (Lipinski definition) is 2. The molecular formula is C28H44O2Si2. The Morgan fingerprint density at radius 2 is 1.00 bits per heavy atom. The van der Waals surface area contributed by atoms with Crippen molar-refractivity contribution in [3.63, 3.8) is 0 Å². The molecule has 2 aromatic rings. The van der Waals surface area contributed by atoms with Crippen LogP contribution in [0.25, 0.3) is 0 Å². The van der Waals surface area contributed by atoms with Crippen molar-refractivity contribution in [1.29, 1.82) is 0 Å². The van der Waals surface area contributed by atoms with Crippen LogP contribution < -0.4 is 8.85 Å². The summed E-state index contributed by atoms with van der Waals surface area (Å²) >= 11 is 0. The molecule has 0 saturated carbocycles. The van der Waals surface area contributed by atoms with Crippen molar-refractivity contribution in [1.82, 2.24) is 0 Å². The monoisotopic (exact) mass is 468 g/mol. The fourth-order valence-electron chi connectivity index (χ4n) is 3.96. The van der Waals surface area contributed by atoms with Gasteiger partial charge >= 0.3 is 0 Å². The SMILES string of the molecule is CC1(C)c2cc(O[Si](C)(C)C(C)(C)C)ccc2Cc2ccc(O[Si](C)(C)C(C)(C)C)cc21. The van der Waals surface area contributed by atoms with Crippen molar-refractivity contribution in [3.8, 4) is 11.5 Å². The highest BCUT2D eigenvalue weighted by Gasteiger charge is 2.41. The fourth-order valence-corrected chi connectivity index (χ4v) is 6.00. The average Bonchev–Trinajstić information content (AvgIpc) is 2.61. The molecule has 1 aliphatic carbocycles. The Morgan fingerprint density at radius 3 is 1.31 bits per heavy atom. The van der Waals surface area contributed by atoms with Gasteiger partial charge in [-0.3, -0.25) is 0 Å². The molecule has 0 bridgehead atoms. The van der Waals surface area contributed by atoms with E-state index in [1.807, 2.05) is 0 Å². The summed E-state index contributed by atoms with van der Waals surface area (Å²) < 4.78 is 13.3. The van der Waals surface area contributed by atoms with Gasteiger partial charge in [-0.25, -0.2) is 0 Å². The van der Waals surface area contributed by atoms with Gasteiger partial charge in [0.05, 0.1) is 0 Å². The lowest BCUT2D eigenvalue weighted by atomic mass is 9.69. The average molecular weight is 469 g/mol. The molecule has 176 valence electrons. The van der Waals surface area contributed by atoms with Gasteiger partial charge in [-0.15, -0.1) is 0 Å². The summed E-state index contributed by atoms with van der Waals surface area (Å²) in [6.45, 7) is 27.7. The van der Waals surface area contributed by atoms with Crippen molar-refractivity contribution in [2.75, 3.05) is 0 Å². The van der Waals surface area contributed by atoms with Crippen LogP contribution in [0.2, 0.25) is 36.3 Å². The topological polar surface area (TPSA) is 18.5 Å². The summed E-state index contributed by atoms with van der Waals surface area (Å²) in [4.78, 5) is 0. The lowest BCUT2D eigenvalue weighted by molar-refractivity contribution is 0.485. The minimum atomic E-state index is -1.88. The highest BCUT2D eigenvalue weighted by Crippen LogP contribution is 2.46. The minimum Gasteiger partial charge on any atom is -0.543 e. The molecule has 4 heteroatoms. The summed E-state index contributed by atoms with van der Waals surface area (Å²) in [6, 6.07) is 13.5. The molecule has 0 aliphatic heterocycles. The van der Waals surface area contributed by atoms with E-state index in [0.29, 0.717) is 0 Å². The van der Waals surface area contributed by atoms with Crippen LogP contribution in [-0.2, 0) is 11.8 Å². The Hall–Kier alpha value is -1.53. The molecule has 0 saturated heterocycles. The van der Waals surface area contributed by atoms with Crippen molar-refractivity contribution >= 4 is 16.6 Å². The molecule has 0 radical (unpaired) electrons. The van der Waals surface area contributed by atoms with Crippen LogP contribution in [0.3, 0.4) is 0 Å². The largest absolute Gasteiger partial charge is 0.543 e. The number of hydrogen-bond donors (Lipinski definition) is 0. The Labute approximate surface area is 199 Å². The summed E-state index contributed by atoms with van der Waals surface area (Å²) in [5.74, 6) is 2.03. The first-order valence-corrected chi connectivity index (χ1v) is 17.8. The Morgan fingerprint density at radius 1 is 0.656 bits per heavy atom. The second-order valence-electron chi connectivity index (χ2n) is 13.2. The fraction of sp³-hybridized carbons (Fsp3) is 0.571. The van der Waals surface area contributed by atoms with E-state index >= 15 is 0 Å². The summed E-state index contributed by atoms with van der Waals surface area (Å²) in [5.41, 5.74) is 5.48. The predicted molar refractivity (Wildman–Crippen MR) is 143 cm³/mol. The molecular weight excluding hydrogens is 424 g/mol. The first kappa shape index (κ1) is 25.1. The van der Waals surface area contributed by atoms with Crippen LogP contribution in [0.5, 0.6) is 11.5 Å². The predicted octanol–water partition coefficient (Wildman–Crippen LogP) is 8.68. The van der Waals surface area contributed by atoms with Crippen LogP contribution in [-0.4, -0.2) is 16.6 Å². The Kier molecular flexibility index (Phi) is 6.09. The zero-order chi connectivity index (χ0) is 24.3. The molecule has 0 aromatic heterocycles. The van der Waals surface area contributed by atoms with E-state index in [0.717, 1.165) is 17.9 Å². The molecule has 3 rings (SSSR count). The van der Waals surface area contributed by atoms with E-state index in [1.54, 1.807) is 0 Å². The molecule has 2 aromatic carbocycles. The van der Waals surface area contributed by atoms with E-state index in [2.05, 4.69) is 118 Å². The molecule has 0 amide bonds. The molecule has 2 nitrogen and oxygen atoms in total. The molecule has 0 atom stereocenters. The van der Waals surface area contributed by atoms with E-state index < -0.39 is 16.6 Å². The van der Waals surface area contributed by atoms with Gasteiger partial charge in [-0.05, 0) is 89.2 Å². The van der Waals surface area contributed by atoms with Crippen LogP contribution >= 0.6 is 0 Å². The van der Waals surface area contributed by atoms with Crippen LogP contribution in [0.15, 0.2) is 36.4 Å². The van der Waals surface area contributed by atoms with E-state index in [1.165, 1.54) is 22.3 Å². The Bertz CT molecular complexity index is 926. The normalized spacial score (nSPS) is 16.2. The van der Waals surface area contributed by atoms with Crippen LogP contribution in [0, 0.1) is 0 Å². The van der Waals surface area contributed by atoms with Gasteiger partial charge in [-0.2, -0.15) is 0 Å². The molecule has 32 heavy (non-hydrogen) atoms. The van der Waals surface area contributed by atoms with Crippen molar-refractivity contribution in [3.05, 3.63) is 58.7 Å². The standard InChI is InChI=1S/C28H44O2Si2/c1-26(2,3)31(9,10)29-22-15-13-20-17-21-14-16-23(30-32(11,12)27(4,5)6)19-25(21)28(7,8)24(20)18-22/h13-16,18-19H,17H2,1-12H3. The van der Waals surface area contributed by atoms with Crippen molar-refractivity contribution < 1.29 is 8.85 Å². The van der Waals surface area contributed by atoms with Gasteiger partial charge in [0.15, 0.2) is 0 Å². The van der Waals surface area contributed by atoms with Crippen LogP contribution in [0.1, 0.15) is 77.6 Å². The lowest BCUT2D eigenvalue weighted by Gasteiger charge is -2.39. The highest BCUT2D eigenvalue weighted by molar-refractivity contribution is 6.75. The molecule has 1 aliphatic rings.